The van der Waals surface area contributed by atoms with Crippen molar-refractivity contribution in [3.8, 4) is 0 Å². The quantitative estimate of drug-likeness (QED) is 0.286. The van der Waals surface area contributed by atoms with E-state index in [-0.39, 0.29) is 37.3 Å². The van der Waals surface area contributed by atoms with Gasteiger partial charge in [-0.25, -0.2) is 0 Å². The van der Waals surface area contributed by atoms with E-state index in [2.05, 4.69) is 24.1 Å². The number of anilines is 2. The average Bonchev–Trinajstić information content (AvgIpc) is 3.54. The summed E-state index contributed by atoms with van der Waals surface area (Å²) >= 11 is 0. The van der Waals surface area contributed by atoms with Crippen molar-refractivity contribution in [1.29, 1.82) is 0 Å². The van der Waals surface area contributed by atoms with Gasteiger partial charge in [0.15, 0.2) is 0 Å². The number of fused-ring (bicyclic) bond motifs is 2. The van der Waals surface area contributed by atoms with E-state index in [4.69, 9.17) is 9.47 Å². The van der Waals surface area contributed by atoms with E-state index in [0.717, 1.165) is 18.8 Å². The zero-order chi connectivity index (χ0) is 37.2. The maximum Gasteiger partial charge on any atom is 0.313 e. The molecule has 2 fully saturated rings. The monoisotopic (exact) mass is 712 g/mol. The molecule has 1 spiro atoms. The number of likely N-dealkylation sites (tertiary alicyclic amines) is 1. The first kappa shape index (κ1) is 37.3. The van der Waals surface area contributed by atoms with Gasteiger partial charge in [-0.3, -0.25) is 19.2 Å². The molecule has 3 amide bonds. The number of nitrogens with one attached hydrogen (secondary N) is 1. The number of carbonyl (C=O) groups is 4. The predicted octanol–water partition coefficient (Wildman–Crippen LogP) is 4.56. The largest absolute Gasteiger partial charge is 0.455 e. The number of allylic oxidation sites excluding steroid dienone is 1. The number of nitrogens with zero attached hydrogens (tertiary/aromatic N) is 3. The molecule has 0 aromatic heterocycles. The van der Waals surface area contributed by atoms with Crippen LogP contribution in [0.3, 0.4) is 0 Å². The van der Waals surface area contributed by atoms with Gasteiger partial charge < -0.3 is 34.6 Å². The molecule has 0 bridgehead atoms. The highest BCUT2D eigenvalue weighted by Gasteiger charge is 2.73. The van der Waals surface area contributed by atoms with E-state index >= 15 is 9.59 Å². The molecule has 2 saturated heterocycles. The molecule has 4 aliphatic heterocycles. The van der Waals surface area contributed by atoms with Crippen molar-refractivity contribution in [3.05, 3.63) is 84.5 Å². The Morgan fingerprint density at radius 3 is 2.35 bits per heavy atom. The van der Waals surface area contributed by atoms with E-state index in [0.29, 0.717) is 24.1 Å². The minimum atomic E-state index is -1.52. The number of amides is 3. The van der Waals surface area contributed by atoms with Crippen molar-refractivity contribution < 1.29 is 33.8 Å². The highest BCUT2D eigenvalue weighted by atomic mass is 16.6. The zero-order valence-corrected chi connectivity index (χ0v) is 30.8. The Hall–Kier alpha value is -4.48. The Labute approximate surface area is 306 Å². The van der Waals surface area contributed by atoms with Crippen LogP contribution in [0.5, 0.6) is 0 Å². The van der Waals surface area contributed by atoms with Crippen molar-refractivity contribution in [2.45, 2.75) is 89.8 Å². The van der Waals surface area contributed by atoms with Gasteiger partial charge in [-0.2, -0.15) is 0 Å². The number of aliphatic hydroxyl groups is 1. The first-order valence-corrected chi connectivity index (χ1v) is 18.8. The summed E-state index contributed by atoms with van der Waals surface area (Å²) in [7, 11) is 0. The van der Waals surface area contributed by atoms with Crippen LogP contribution in [-0.4, -0.2) is 89.8 Å². The molecule has 0 aliphatic carbocycles. The number of cyclic esters (lactones) is 1. The van der Waals surface area contributed by atoms with Crippen LogP contribution in [0.2, 0.25) is 0 Å². The standard InChI is InChI=1S/C41H52N4O7/c1-6-26(4)31(25-46)45-37-39(49)44(30-21-19-29(20-22-30)43(7-2)8-3)24-14-23-41(37)35(38(45)48)34-32(52-41)17-12-13-18-33(47)42-27(5)36(51-40(34)50)28-15-10-9-11-16-28/h9-12,14-17,19-23,26-27,31-32,34-37,46H,6-8,13,18,24-25H2,1-5H3,(H,42,47)/b17-12-/t26-,27-,31-,32-,34+,35+,36+,37-,41+/m0/s1. The van der Waals surface area contributed by atoms with Gasteiger partial charge in [-0.05, 0) is 62.9 Å². The Morgan fingerprint density at radius 1 is 0.981 bits per heavy atom. The van der Waals surface area contributed by atoms with Crippen molar-refractivity contribution in [3.63, 3.8) is 0 Å². The van der Waals surface area contributed by atoms with Gasteiger partial charge in [0, 0.05) is 37.4 Å². The summed E-state index contributed by atoms with van der Waals surface area (Å²) in [5, 5.41) is 13.8. The van der Waals surface area contributed by atoms with Crippen LogP contribution in [0.4, 0.5) is 11.4 Å². The van der Waals surface area contributed by atoms with Gasteiger partial charge in [0.2, 0.25) is 11.8 Å². The maximum atomic E-state index is 15.1. The molecule has 52 heavy (non-hydrogen) atoms. The second-order valence-electron chi connectivity index (χ2n) is 14.4. The Morgan fingerprint density at radius 2 is 1.69 bits per heavy atom. The van der Waals surface area contributed by atoms with Crippen molar-refractivity contribution >= 4 is 35.1 Å². The van der Waals surface area contributed by atoms with Crippen LogP contribution < -0.4 is 15.1 Å². The fraction of sp³-hybridized carbons (Fsp3) is 0.512. The average molecular weight is 713 g/mol. The number of benzene rings is 2. The minimum absolute atomic E-state index is 0.155. The molecule has 4 heterocycles. The van der Waals surface area contributed by atoms with E-state index in [1.165, 1.54) is 4.90 Å². The smallest absolute Gasteiger partial charge is 0.313 e. The second-order valence-corrected chi connectivity index (χ2v) is 14.4. The van der Waals surface area contributed by atoms with Crippen molar-refractivity contribution in [2.75, 3.05) is 36.0 Å². The number of rotatable bonds is 9. The van der Waals surface area contributed by atoms with Crippen LogP contribution in [0.25, 0.3) is 0 Å². The molecular weight excluding hydrogens is 660 g/mol. The molecule has 0 unspecified atom stereocenters. The maximum absolute atomic E-state index is 15.1. The number of aliphatic hydroxyl groups excluding tert-OH is 1. The molecular formula is C41H52N4O7. The van der Waals surface area contributed by atoms with Crippen LogP contribution in [-0.2, 0) is 28.7 Å². The summed E-state index contributed by atoms with van der Waals surface area (Å²) in [6.07, 6.45) is 6.67. The summed E-state index contributed by atoms with van der Waals surface area (Å²) in [5.74, 6) is -3.97. The lowest BCUT2D eigenvalue weighted by Gasteiger charge is -2.40. The van der Waals surface area contributed by atoms with Crippen molar-refractivity contribution in [2.24, 2.45) is 17.8 Å². The van der Waals surface area contributed by atoms with E-state index in [1.54, 1.807) is 30.1 Å². The third kappa shape index (κ3) is 6.65. The molecule has 278 valence electrons. The van der Waals surface area contributed by atoms with E-state index < -0.39 is 59.6 Å². The van der Waals surface area contributed by atoms with Crippen molar-refractivity contribution in [1.82, 2.24) is 10.2 Å². The number of hydrogen-bond acceptors (Lipinski definition) is 8. The van der Waals surface area contributed by atoms with Gasteiger partial charge >= 0.3 is 5.97 Å². The summed E-state index contributed by atoms with van der Waals surface area (Å²) in [4.78, 5) is 62.9. The Balaban J connectivity index is 1.45. The molecule has 2 aromatic carbocycles. The van der Waals surface area contributed by atoms with Gasteiger partial charge in [-0.15, -0.1) is 0 Å². The fourth-order valence-electron chi connectivity index (χ4n) is 8.48. The topological polar surface area (TPSA) is 129 Å². The summed E-state index contributed by atoms with van der Waals surface area (Å²) < 4.78 is 13.2. The molecule has 9 atom stereocenters. The van der Waals surface area contributed by atoms with Gasteiger partial charge in [0.1, 0.15) is 23.7 Å². The van der Waals surface area contributed by atoms with E-state index in [1.807, 2.05) is 74.5 Å². The molecule has 11 heteroatoms. The minimum Gasteiger partial charge on any atom is -0.455 e. The number of esters is 1. The number of hydrogen-bond donors (Lipinski definition) is 2. The normalized spacial score (nSPS) is 30.9. The van der Waals surface area contributed by atoms with Gasteiger partial charge in [-0.1, -0.05) is 74.9 Å². The highest BCUT2D eigenvalue weighted by Crippen LogP contribution is 2.54. The molecule has 0 radical (unpaired) electrons. The van der Waals surface area contributed by atoms with Crippen LogP contribution in [0.1, 0.15) is 65.5 Å². The second kappa shape index (κ2) is 15.6. The molecule has 11 nitrogen and oxygen atoms in total. The van der Waals surface area contributed by atoms with Crippen LogP contribution in [0, 0.1) is 17.8 Å². The molecule has 6 rings (SSSR count). The summed E-state index contributed by atoms with van der Waals surface area (Å²) in [6.45, 7) is 11.5. The van der Waals surface area contributed by atoms with Gasteiger partial charge in [0.25, 0.3) is 5.91 Å². The van der Waals surface area contributed by atoms with Gasteiger partial charge in [0.05, 0.1) is 30.7 Å². The summed E-state index contributed by atoms with van der Waals surface area (Å²) in [5.41, 5.74) is 0.884. The Bertz CT molecular complexity index is 1680. The molecule has 4 aliphatic rings. The summed E-state index contributed by atoms with van der Waals surface area (Å²) in [6, 6.07) is 14.6. The van der Waals surface area contributed by atoms with E-state index in [9.17, 15) is 14.7 Å². The lowest BCUT2D eigenvalue weighted by molar-refractivity contribution is -0.162. The zero-order valence-electron chi connectivity index (χ0n) is 30.8. The molecule has 2 aromatic rings. The SMILES string of the molecule is CC[C@H](C)[C@H](CO)N1C(=O)[C@H]2[C@@H]3C(=O)O[C@@H](c4ccccc4)[C@H](C)NC(=O)CC/C=C\[C@@H]3O[C@]23C=CCN(c2ccc(N(CC)CC)cc2)C(=O)[C@H]13. The number of ether oxygens (including phenoxy) is 2. The number of carbonyl (C=O) groups excluding carboxylic acids is 4. The lowest BCUT2D eigenvalue weighted by atomic mass is 9.77. The first-order valence-electron chi connectivity index (χ1n) is 18.8. The first-order chi connectivity index (χ1) is 25.1. The fourth-order valence-corrected chi connectivity index (χ4v) is 8.48. The van der Waals surface area contributed by atoms with Crippen LogP contribution in [0.15, 0.2) is 78.9 Å². The molecule has 0 saturated carbocycles. The lowest BCUT2D eigenvalue weighted by Crippen LogP contribution is -2.59. The third-order valence-electron chi connectivity index (χ3n) is 11.4. The molecule has 2 N–H and O–H groups in total. The highest BCUT2D eigenvalue weighted by molar-refractivity contribution is 6.05. The van der Waals surface area contributed by atoms with Crippen LogP contribution >= 0.6 is 0 Å². The predicted molar refractivity (Wildman–Crippen MR) is 198 cm³/mol. The Kier molecular flexibility index (Phi) is 11.2. The third-order valence-corrected chi connectivity index (χ3v) is 11.4.